The maximum absolute atomic E-state index is 13.7. The van der Waals surface area contributed by atoms with Gasteiger partial charge in [0.05, 0.1) is 13.0 Å². The predicted molar refractivity (Wildman–Crippen MR) is 89.1 cm³/mol. The molecule has 1 aromatic heterocycles. The molecule has 3 aromatic rings. The van der Waals surface area contributed by atoms with E-state index < -0.39 is 0 Å². The van der Waals surface area contributed by atoms with Crippen molar-refractivity contribution in [3.63, 3.8) is 0 Å². The van der Waals surface area contributed by atoms with Crippen LogP contribution in [0.3, 0.4) is 0 Å². The molecule has 4 nitrogen and oxygen atoms in total. The van der Waals surface area contributed by atoms with Crippen molar-refractivity contribution in [3.05, 3.63) is 71.7 Å². The Morgan fingerprint density at radius 2 is 1.87 bits per heavy atom. The fourth-order valence-electron chi connectivity index (χ4n) is 2.16. The van der Waals surface area contributed by atoms with Gasteiger partial charge in [-0.25, -0.2) is 4.39 Å². The summed E-state index contributed by atoms with van der Waals surface area (Å²) in [6.45, 7) is 0.361. The summed E-state index contributed by atoms with van der Waals surface area (Å²) in [5.74, 6) is 0.806. The van der Waals surface area contributed by atoms with E-state index in [9.17, 15) is 4.39 Å². The molecule has 0 aliphatic rings. The van der Waals surface area contributed by atoms with Crippen LogP contribution in [0, 0.1) is 5.82 Å². The van der Waals surface area contributed by atoms with E-state index in [0.29, 0.717) is 35.3 Å². The van der Waals surface area contributed by atoms with Crippen LogP contribution in [0.4, 0.5) is 10.1 Å². The summed E-state index contributed by atoms with van der Waals surface area (Å²) in [5.41, 5.74) is 1.80. The van der Waals surface area contributed by atoms with Crippen LogP contribution >= 0.6 is 11.8 Å². The molecule has 118 valence electrons. The molecular formula is C17H16FN3OS. The van der Waals surface area contributed by atoms with Crippen LogP contribution in [0.2, 0.25) is 0 Å². The quantitative estimate of drug-likeness (QED) is 0.689. The molecule has 2 aromatic carbocycles. The van der Waals surface area contributed by atoms with Crippen LogP contribution in [-0.2, 0) is 13.0 Å². The molecule has 0 saturated carbocycles. The summed E-state index contributed by atoms with van der Waals surface area (Å²) in [5, 5.41) is 11.1. The molecule has 0 aliphatic heterocycles. The van der Waals surface area contributed by atoms with Crippen molar-refractivity contribution in [1.29, 1.82) is 0 Å². The van der Waals surface area contributed by atoms with Crippen molar-refractivity contribution in [2.75, 3.05) is 11.6 Å². The lowest BCUT2D eigenvalue weighted by Crippen LogP contribution is -2.00. The minimum Gasteiger partial charge on any atom is -0.423 e. The van der Waals surface area contributed by atoms with E-state index in [-0.39, 0.29) is 5.82 Å². The van der Waals surface area contributed by atoms with Gasteiger partial charge in [0.2, 0.25) is 11.8 Å². The monoisotopic (exact) mass is 329 g/mol. The van der Waals surface area contributed by atoms with Gasteiger partial charge in [-0.15, -0.1) is 22.0 Å². The Bertz CT molecular complexity index is 777. The number of thioether (sulfide) groups is 1. The number of hydrogen-bond acceptors (Lipinski definition) is 5. The predicted octanol–water partition coefficient (Wildman–Crippen LogP) is 4.13. The second-order valence-corrected chi connectivity index (χ2v) is 5.80. The fraction of sp³-hybridized carbons (Fsp3) is 0.176. The first-order chi connectivity index (χ1) is 11.2. The first-order valence-corrected chi connectivity index (χ1v) is 8.39. The lowest BCUT2D eigenvalue weighted by molar-refractivity contribution is 0.464. The highest BCUT2D eigenvalue weighted by atomic mass is 32.2. The number of nitrogens with one attached hydrogen (secondary N) is 1. The number of rotatable bonds is 6. The minimum atomic E-state index is -0.238. The molecule has 0 radical (unpaired) electrons. The molecular weight excluding hydrogens is 313 g/mol. The van der Waals surface area contributed by atoms with E-state index in [1.54, 1.807) is 6.07 Å². The highest BCUT2D eigenvalue weighted by molar-refractivity contribution is 7.98. The standard InChI is InChI=1S/C17H16FN3OS/c1-23-15-8-7-13(10-14(15)18)19-11-17-21-20-16(22-17)9-12-5-3-2-4-6-12/h2-8,10,19H,9,11H2,1H3. The third-order valence-electron chi connectivity index (χ3n) is 3.30. The molecule has 0 atom stereocenters. The van der Waals surface area contributed by atoms with Crippen LogP contribution in [0.1, 0.15) is 17.3 Å². The second-order valence-electron chi connectivity index (χ2n) is 4.95. The highest BCUT2D eigenvalue weighted by Crippen LogP contribution is 2.22. The molecule has 6 heteroatoms. The van der Waals surface area contributed by atoms with E-state index >= 15 is 0 Å². The minimum absolute atomic E-state index is 0.238. The lowest BCUT2D eigenvalue weighted by atomic mass is 10.2. The Kier molecular flexibility index (Phi) is 4.92. The van der Waals surface area contributed by atoms with Crippen LogP contribution in [0.15, 0.2) is 57.8 Å². The van der Waals surface area contributed by atoms with Gasteiger partial charge in [-0.2, -0.15) is 0 Å². The number of anilines is 1. The summed E-state index contributed by atoms with van der Waals surface area (Å²) in [6, 6.07) is 15.0. The molecule has 0 fully saturated rings. The molecule has 1 N–H and O–H groups in total. The summed E-state index contributed by atoms with van der Waals surface area (Å²) >= 11 is 1.38. The van der Waals surface area contributed by atoms with Gasteiger partial charge in [-0.1, -0.05) is 30.3 Å². The van der Waals surface area contributed by atoms with E-state index in [0.717, 1.165) is 5.56 Å². The Morgan fingerprint density at radius 1 is 1.09 bits per heavy atom. The highest BCUT2D eigenvalue weighted by Gasteiger charge is 2.08. The molecule has 3 rings (SSSR count). The van der Waals surface area contributed by atoms with E-state index in [1.165, 1.54) is 17.8 Å². The van der Waals surface area contributed by atoms with Gasteiger partial charge in [-0.05, 0) is 30.0 Å². The SMILES string of the molecule is CSc1ccc(NCc2nnc(Cc3ccccc3)o2)cc1F. The van der Waals surface area contributed by atoms with Gasteiger partial charge >= 0.3 is 0 Å². The largest absolute Gasteiger partial charge is 0.423 e. The topological polar surface area (TPSA) is 51.0 Å². The molecule has 0 spiro atoms. The van der Waals surface area contributed by atoms with Crippen molar-refractivity contribution in [2.45, 2.75) is 17.9 Å². The Balaban J connectivity index is 1.60. The fourth-order valence-corrected chi connectivity index (χ4v) is 2.61. The number of hydrogen-bond donors (Lipinski definition) is 1. The zero-order chi connectivity index (χ0) is 16.1. The van der Waals surface area contributed by atoms with Gasteiger partial charge in [0, 0.05) is 10.6 Å². The van der Waals surface area contributed by atoms with E-state index in [1.807, 2.05) is 42.7 Å². The molecule has 0 bridgehead atoms. The summed E-state index contributed by atoms with van der Waals surface area (Å²) in [6.07, 6.45) is 2.45. The van der Waals surface area contributed by atoms with Crippen molar-refractivity contribution < 1.29 is 8.81 Å². The molecule has 23 heavy (non-hydrogen) atoms. The number of aromatic nitrogens is 2. The number of nitrogens with zero attached hydrogens (tertiary/aromatic N) is 2. The summed E-state index contributed by atoms with van der Waals surface area (Å²) < 4.78 is 19.3. The number of halogens is 1. The zero-order valence-corrected chi connectivity index (χ0v) is 13.4. The summed E-state index contributed by atoms with van der Waals surface area (Å²) in [7, 11) is 0. The third-order valence-corrected chi connectivity index (χ3v) is 4.07. The van der Waals surface area contributed by atoms with Crippen LogP contribution in [-0.4, -0.2) is 16.5 Å². The van der Waals surface area contributed by atoms with E-state index in [2.05, 4.69) is 15.5 Å². The smallest absolute Gasteiger partial charge is 0.235 e. The summed E-state index contributed by atoms with van der Waals surface area (Å²) in [4.78, 5) is 0.624. The van der Waals surface area contributed by atoms with Gasteiger partial charge in [0.1, 0.15) is 5.82 Å². The Morgan fingerprint density at radius 3 is 2.61 bits per heavy atom. The van der Waals surface area contributed by atoms with Crippen molar-refractivity contribution in [2.24, 2.45) is 0 Å². The van der Waals surface area contributed by atoms with Crippen molar-refractivity contribution in [3.8, 4) is 0 Å². The third kappa shape index (κ3) is 4.10. The first kappa shape index (κ1) is 15.6. The average molecular weight is 329 g/mol. The van der Waals surface area contributed by atoms with Gasteiger partial charge < -0.3 is 9.73 Å². The Hall–Kier alpha value is -2.34. The molecule has 1 heterocycles. The Labute approximate surface area is 138 Å². The molecule has 0 amide bonds. The van der Waals surface area contributed by atoms with Crippen LogP contribution in [0.25, 0.3) is 0 Å². The van der Waals surface area contributed by atoms with Crippen LogP contribution < -0.4 is 5.32 Å². The molecule has 0 saturated heterocycles. The molecule has 0 aliphatic carbocycles. The normalized spacial score (nSPS) is 10.7. The average Bonchev–Trinajstić information content (AvgIpc) is 3.01. The van der Waals surface area contributed by atoms with Crippen LogP contribution in [0.5, 0.6) is 0 Å². The van der Waals surface area contributed by atoms with Crippen molar-refractivity contribution in [1.82, 2.24) is 10.2 Å². The maximum atomic E-state index is 13.7. The zero-order valence-electron chi connectivity index (χ0n) is 12.6. The van der Waals surface area contributed by atoms with Gasteiger partial charge in [-0.3, -0.25) is 0 Å². The van der Waals surface area contributed by atoms with E-state index in [4.69, 9.17) is 4.42 Å². The number of benzene rings is 2. The second kappa shape index (κ2) is 7.28. The first-order valence-electron chi connectivity index (χ1n) is 7.17. The van der Waals surface area contributed by atoms with Crippen molar-refractivity contribution >= 4 is 17.4 Å². The lowest BCUT2D eigenvalue weighted by Gasteiger charge is -2.05. The van der Waals surface area contributed by atoms with Gasteiger partial charge in [0.15, 0.2) is 0 Å². The molecule has 0 unspecified atom stereocenters. The van der Waals surface area contributed by atoms with Gasteiger partial charge in [0.25, 0.3) is 0 Å². The maximum Gasteiger partial charge on any atom is 0.235 e.